The molecular formula is C29H32N2O3. The zero-order valence-corrected chi connectivity index (χ0v) is 19.7. The quantitative estimate of drug-likeness (QED) is 0.481. The lowest BCUT2D eigenvalue weighted by molar-refractivity contribution is 0.0706. The summed E-state index contributed by atoms with van der Waals surface area (Å²) in [5, 5.41) is 3.04. The summed E-state index contributed by atoms with van der Waals surface area (Å²) in [6.07, 6.45) is 3.80. The summed E-state index contributed by atoms with van der Waals surface area (Å²) in [7, 11) is 1.62. The van der Waals surface area contributed by atoms with Gasteiger partial charge in [0.05, 0.1) is 7.11 Å². The average Bonchev–Trinajstić information content (AvgIpc) is 2.91. The van der Waals surface area contributed by atoms with E-state index in [1.165, 1.54) is 5.56 Å². The molecule has 3 aromatic rings. The van der Waals surface area contributed by atoms with E-state index in [1.807, 2.05) is 65.6 Å². The number of likely N-dealkylation sites (tertiary alicyclic amines) is 1. The molecule has 1 fully saturated rings. The molecule has 0 aromatic heterocycles. The summed E-state index contributed by atoms with van der Waals surface area (Å²) < 4.78 is 5.19. The van der Waals surface area contributed by atoms with Gasteiger partial charge in [0, 0.05) is 36.7 Å². The minimum absolute atomic E-state index is 0.0414. The number of benzene rings is 3. The molecule has 1 unspecified atom stereocenters. The normalized spacial score (nSPS) is 15.6. The molecule has 4 rings (SSSR count). The monoisotopic (exact) mass is 456 g/mol. The molecule has 0 aliphatic carbocycles. The lowest BCUT2D eigenvalue weighted by Gasteiger charge is -2.33. The number of hydrogen-bond acceptors (Lipinski definition) is 3. The molecule has 1 atom stereocenters. The second kappa shape index (κ2) is 11.5. The van der Waals surface area contributed by atoms with E-state index in [0.717, 1.165) is 43.5 Å². The second-order valence-electron chi connectivity index (χ2n) is 8.79. The Labute approximate surface area is 201 Å². The van der Waals surface area contributed by atoms with Crippen molar-refractivity contribution in [3.8, 4) is 5.75 Å². The van der Waals surface area contributed by atoms with E-state index in [-0.39, 0.29) is 17.7 Å². The Morgan fingerprint density at radius 2 is 1.76 bits per heavy atom. The Morgan fingerprint density at radius 3 is 2.53 bits per heavy atom. The fourth-order valence-corrected chi connectivity index (χ4v) is 4.52. The number of aryl methyl sites for hydroxylation is 1. The first kappa shape index (κ1) is 23.6. The number of nitrogens with one attached hydrogen (secondary N) is 1. The third kappa shape index (κ3) is 6.04. The molecule has 0 saturated carbocycles. The van der Waals surface area contributed by atoms with Gasteiger partial charge in [-0.3, -0.25) is 9.59 Å². The number of carbonyl (C=O) groups is 2. The third-order valence-corrected chi connectivity index (χ3v) is 6.44. The SMILES string of the molecule is COc1ccc(C(=O)N2CCCC(c3cccc(C(=O)NCCCc4ccccc4)c3)C2)cc1. The van der Waals surface area contributed by atoms with Gasteiger partial charge in [0.1, 0.15) is 5.75 Å². The van der Waals surface area contributed by atoms with Crippen molar-refractivity contribution < 1.29 is 14.3 Å². The summed E-state index contributed by atoms with van der Waals surface area (Å²) in [5.41, 5.74) is 3.75. The van der Waals surface area contributed by atoms with E-state index < -0.39 is 0 Å². The highest BCUT2D eigenvalue weighted by atomic mass is 16.5. The molecule has 1 aliphatic heterocycles. The summed E-state index contributed by atoms with van der Waals surface area (Å²) in [6, 6.07) is 25.4. The van der Waals surface area contributed by atoms with Crippen LogP contribution < -0.4 is 10.1 Å². The summed E-state index contributed by atoms with van der Waals surface area (Å²) in [5.74, 6) is 0.960. The number of carbonyl (C=O) groups excluding carboxylic acids is 2. The maximum absolute atomic E-state index is 13.0. The van der Waals surface area contributed by atoms with Crippen LogP contribution in [-0.2, 0) is 6.42 Å². The molecule has 0 spiro atoms. The highest BCUT2D eigenvalue weighted by molar-refractivity contribution is 5.95. The number of rotatable bonds is 8. The van der Waals surface area contributed by atoms with Gasteiger partial charge in [-0.25, -0.2) is 0 Å². The number of methoxy groups -OCH3 is 1. The zero-order valence-electron chi connectivity index (χ0n) is 19.7. The standard InChI is InChI=1S/C29H32N2O3/c1-34-27-16-14-23(15-17-27)29(33)31-19-7-13-26(21-31)24-11-5-12-25(20-24)28(32)30-18-6-10-22-8-3-2-4-9-22/h2-5,8-9,11-12,14-17,20,26H,6-7,10,13,18-19,21H2,1H3,(H,30,32). The number of amides is 2. The lowest BCUT2D eigenvalue weighted by atomic mass is 9.89. The number of piperidine rings is 1. The second-order valence-corrected chi connectivity index (χ2v) is 8.79. The predicted octanol–water partition coefficient (Wildman–Crippen LogP) is 5.08. The molecule has 0 bridgehead atoms. The number of nitrogens with zero attached hydrogens (tertiary/aromatic N) is 1. The van der Waals surface area contributed by atoms with Crippen LogP contribution in [0.4, 0.5) is 0 Å². The van der Waals surface area contributed by atoms with E-state index in [1.54, 1.807) is 7.11 Å². The highest BCUT2D eigenvalue weighted by Crippen LogP contribution is 2.28. The van der Waals surface area contributed by atoms with Gasteiger partial charge < -0.3 is 15.0 Å². The molecule has 1 N–H and O–H groups in total. The molecule has 1 saturated heterocycles. The van der Waals surface area contributed by atoms with Gasteiger partial charge in [0.25, 0.3) is 11.8 Å². The van der Waals surface area contributed by atoms with Crippen molar-refractivity contribution in [3.63, 3.8) is 0 Å². The molecule has 34 heavy (non-hydrogen) atoms. The van der Waals surface area contributed by atoms with E-state index in [4.69, 9.17) is 4.74 Å². The molecule has 1 aliphatic rings. The van der Waals surface area contributed by atoms with Crippen LogP contribution in [-0.4, -0.2) is 43.5 Å². The molecule has 5 heteroatoms. The van der Waals surface area contributed by atoms with Gasteiger partial charge in [-0.1, -0.05) is 42.5 Å². The van der Waals surface area contributed by atoms with Crippen LogP contribution in [0, 0.1) is 0 Å². The van der Waals surface area contributed by atoms with Crippen molar-refractivity contribution in [2.75, 3.05) is 26.7 Å². The number of hydrogen-bond donors (Lipinski definition) is 1. The molecule has 176 valence electrons. The summed E-state index contributed by atoms with van der Waals surface area (Å²) >= 11 is 0. The highest BCUT2D eigenvalue weighted by Gasteiger charge is 2.26. The molecule has 5 nitrogen and oxygen atoms in total. The van der Waals surface area contributed by atoms with Crippen molar-refractivity contribution in [1.82, 2.24) is 10.2 Å². The summed E-state index contributed by atoms with van der Waals surface area (Å²) in [6.45, 7) is 2.06. The topological polar surface area (TPSA) is 58.6 Å². The lowest BCUT2D eigenvalue weighted by Crippen LogP contribution is -2.39. The van der Waals surface area contributed by atoms with Crippen molar-refractivity contribution in [2.24, 2.45) is 0 Å². The average molecular weight is 457 g/mol. The van der Waals surface area contributed by atoms with Gasteiger partial charge in [-0.2, -0.15) is 0 Å². The van der Waals surface area contributed by atoms with Crippen molar-refractivity contribution >= 4 is 11.8 Å². The Balaban J connectivity index is 1.33. The Morgan fingerprint density at radius 1 is 0.971 bits per heavy atom. The van der Waals surface area contributed by atoms with Gasteiger partial charge in [0.15, 0.2) is 0 Å². The predicted molar refractivity (Wildman–Crippen MR) is 134 cm³/mol. The molecule has 3 aromatic carbocycles. The Hall–Kier alpha value is -3.60. The van der Waals surface area contributed by atoms with Crippen molar-refractivity contribution in [1.29, 1.82) is 0 Å². The van der Waals surface area contributed by atoms with Gasteiger partial charge >= 0.3 is 0 Å². The van der Waals surface area contributed by atoms with E-state index in [9.17, 15) is 9.59 Å². The molecular weight excluding hydrogens is 424 g/mol. The Bertz CT molecular complexity index is 1100. The number of ether oxygens (including phenoxy) is 1. The molecule has 1 heterocycles. The first-order chi connectivity index (χ1) is 16.6. The van der Waals surface area contributed by atoms with Gasteiger partial charge in [-0.15, -0.1) is 0 Å². The van der Waals surface area contributed by atoms with Crippen molar-refractivity contribution in [3.05, 3.63) is 101 Å². The minimum atomic E-state index is -0.0445. The van der Waals surface area contributed by atoms with Crippen LogP contribution in [0.3, 0.4) is 0 Å². The van der Waals surface area contributed by atoms with Gasteiger partial charge in [-0.05, 0) is 73.2 Å². The van der Waals surface area contributed by atoms with E-state index in [0.29, 0.717) is 24.2 Å². The smallest absolute Gasteiger partial charge is 0.253 e. The maximum Gasteiger partial charge on any atom is 0.253 e. The third-order valence-electron chi connectivity index (χ3n) is 6.44. The fourth-order valence-electron chi connectivity index (χ4n) is 4.52. The zero-order chi connectivity index (χ0) is 23.8. The van der Waals surface area contributed by atoms with Crippen LogP contribution in [0.1, 0.15) is 57.0 Å². The van der Waals surface area contributed by atoms with Crippen LogP contribution in [0.25, 0.3) is 0 Å². The largest absolute Gasteiger partial charge is 0.497 e. The van der Waals surface area contributed by atoms with Crippen LogP contribution >= 0.6 is 0 Å². The van der Waals surface area contributed by atoms with Crippen LogP contribution in [0.5, 0.6) is 5.75 Å². The maximum atomic E-state index is 13.0. The van der Waals surface area contributed by atoms with E-state index in [2.05, 4.69) is 23.5 Å². The molecule has 0 radical (unpaired) electrons. The fraction of sp³-hybridized carbons (Fsp3) is 0.310. The first-order valence-electron chi connectivity index (χ1n) is 12.0. The Kier molecular flexibility index (Phi) is 7.97. The minimum Gasteiger partial charge on any atom is -0.497 e. The van der Waals surface area contributed by atoms with Crippen molar-refractivity contribution in [2.45, 2.75) is 31.6 Å². The summed E-state index contributed by atoms with van der Waals surface area (Å²) in [4.78, 5) is 27.7. The molecule has 2 amide bonds. The van der Waals surface area contributed by atoms with Crippen LogP contribution in [0.2, 0.25) is 0 Å². The first-order valence-corrected chi connectivity index (χ1v) is 12.0. The van der Waals surface area contributed by atoms with Crippen LogP contribution in [0.15, 0.2) is 78.9 Å². The van der Waals surface area contributed by atoms with E-state index >= 15 is 0 Å². The van der Waals surface area contributed by atoms with Gasteiger partial charge in [0.2, 0.25) is 0 Å².